The molecule has 0 radical (unpaired) electrons. The zero-order valence-electron chi connectivity index (χ0n) is 8.07. The summed E-state index contributed by atoms with van der Waals surface area (Å²) in [5.41, 5.74) is 0.785. The van der Waals surface area contributed by atoms with Crippen molar-refractivity contribution in [2.24, 2.45) is 4.99 Å². The molecule has 0 aliphatic rings. The van der Waals surface area contributed by atoms with Crippen LogP contribution in [0.2, 0.25) is 0 Å². The summed E-state index contributed by atoms with van der Waals surface area (Å²) in [6.07, 6.45) is 0.580. The van der Waals surface area contributed by atoms with Gasteiger partial charge in [0.05, 0.1) is 0 Å². The lowest BCUT2D eigenvalue weighted by molar-refractivity contribution is 0.160. The molecule has 0 unspecified atom stereocenters. The second-order valence-electron chi connectivity index (χ2n) is 2.84. The molecule has 1 aromatic rings. The van der Waals surface area contributed by atoms with Crippen molar-refractivity contribution in [1.82, 2.24) is 0 Å². The summed E-state index contributed by atoms with van der Waals surface area (Å²) in [7, 11) is 0. The molecule has 16 heavy (non-hydrogen) atoms. The first-order valence-electron chi connectivity index (χ1n) is 4.30. The van der Waals surface area contributed by atoms with Gasteiger partial charge in [0.2, 0.25) is 3.79 Å². The molecular weight excluding hydrogens is 272 g/mol. The number of amides is 1. The van der Waals surface area contributed by atoms with Crippen LogP contribution in [0, 0.1) is 0 Å². The Hall–Kier alpha value is -0.770. The van der Waals surface area contributed by atoms with Gasteiger partial charge in [0, 0.05) is 6.21 Å². The highest BCUT2D eigenvalue weighted by Gasteiger charge is 2.21. The predicted octanol–water partition coefficient (Wildman–Crippen LogP) is 3.61. The largest absolute Gasteiger partial charge is 0.443 e. The summed E-state index contributed by atoms with van der Waals surface area (Å²) >= 11 is 16.2. The van der Waals surface area contributed by atoms with Crippen LogP contribution in [0.3, 0.4) is 0 Å². The zero-order valence-corrected chi connectivity index (χ0v) is 10.3. The third-order valence-corrected chi connectivity index (χ3v) is 1.81. The number of ether oxygens (including phenoxy) is 1. The average Bonchev–Trinajstić information content (AvgIpc) is 2.24. The van der Waals surface area contributed by atoms with E-state index in [1.54, 1.807) is 12.1 Å². The lowest BCUT2D eigenvalue weighted by Crippen LogP contribution is -2.15. The Kier molecular flexibility index (Phi) is 5.06. The summed E-state index contributed by atoms with van der Waals surface area (Å²) in [5, 5.41) is 0. The third kappa shape index (κ3) is 5.95. The van der Waals surface area contributed by atoms with E-state index < -0.39 is 9.89 Å². The molecule has 86 valence electrons. The second-order valence-corrected chi connectivity index (χ2v) is 5.35. The predicted molar refractivity (Wildman–Crippen MR) is 65.7 cm³/mol. The van der Waals surface area contributed by atoms with Gasteiger partial charge < -0.3 is 4.74 Å². The van der Waals surface area contributed by atoms with Gasteiger partial charge in [-0.2, -0.15) is 4.99 Å². The number of benzene rings is 1. The Morgan fingerprint density at radius 2 is 1.94 bits per heavy atom. The topological polar surface area (TPSA) is 38.7 Å². The molecule has 0 spiro atoms. The quantitative estimate of drug-likeness (QED) is 0.613. The molecule has 0 N–H and O–H groups in total. The molecule has 0 aromatic heterocycles. The number of nitrogens with zero attached hydrogens (tertiary/aromatic N) is 1. The van der Waals surface area contributed by atoms with Crippen molar-refractivity contribution >= 4 is 47.1 Å². The number of halogens is 3. The summed E-state index contributed by atoms with van der Waals surface area (Å²) in [6.45, 7) is -0.331. The fourth-order valence-electron chi connectivity index (χ4n) is 0.847. The molecule has 1 amide bonds. The molecule has 0 fully saturated rings. The van der Waals surface area contributed by atoms with E-state index in [9.17, 15) is 4.79 Å². The van der Waals surface area contributed by atoms with Gasteiger partial charge in [-0.1, -0.05) is 65.1 Å². The fourth-order valence-corrected chi connectivity index (χ4v) is 1.01. The first-order chi connectivity index (χ1) is 7.47. The van der Waals surface area contributed by atoms with E-state index in [2.05, 4.69) is 9.73 Å². The van der Waals surface area contributed by atoms with E-state index in [-0.39, 0.29) is 6.61 Å². The Labute approximate surface area is 108 Å². The maximum atomic E-state index is 11.1. The highest BCUT2D eigenvalue weighted by Crippen LogP contribution is 2.25. The second kappa shape index (κ2) is 6.09. The van der Waals surface area contributed by atoms with Crippen molar-refractivity contribution in [2.75, 3.05) is 6.61 Å². The monoisotopic (exact) mass is 279 g/mol. The minimum atomic E-state index is -1.61. The highest BCUT2D eigenvalue weighted by atomic mass is 35.6. The lowest BCUT2D eigenvalue weighted by atomic mass is 10.2. The van der Waals surface area contributed by atoms with Gasteiger partial charge in [0.1, 0.15) is 6.61 Å². The van der Waals surface area contributed by atoms with Crippen LogP contribution in [0.25, 0.3) is 0 Å². The SMILES string of the molecule is O=C(/N=C/c1ccccc1)OCC(Cl)(Cl)Cl. The van der Waals surface area contributed by atoms with E-state index >= 15 is 0 Å². The number of aliphatic imine (C=N–C) groups is 1. The summed E-state index contributed by atoms with van der Waals surface area (Å²) in [6, 6.07) is 9.11. The number of hydrogen-bond acceptors (Lipinski definition) is 2. The van der Waals surface area contributed by atoms with E-state index in [4.69, 9.17) is 34.8 Å². The van der Waals surface area contributed by atoms with Crippen LogP contribution in [-0.4, -0.2) is 22.7 Å². The van der Waals surface area contributed by atoms with E-state index in [0.717, 1.165) is 5.56 Å². The van der Waals surface area contributed by atoms with Crippen LogP contribution >= 0.6 is 34.8 Å². The first-order valence-corrected chi connectivity index (χ1v) is 5.43. The van der Waals surface area contributed by atoms with Crippen molar-refractivity contribution in [3.8, 4) is 0 Å². The Morgan fingerprint density at radius 3 is 2.50 bits per heavy atom. The summed E-state index contributed by atoms with van der Waals surface area (Å²) in [4.78, 5) is 14.6. The molecule has 0 saturated heterocycles. The normalized spacial score (nSPS) is 11.7. The maximum Gasteiger partial charge on any atom is 0.433 e. The van der Waals surface area contributed by atoms with Crippen molar-refractivity contribution in [3.05, 3.63) is 35.9 Å². The van der Waals surface area contributed by atoms with Crippen LogP contribution in [0.5, 0.6) is 0 Å². The summed E-state index contributed by atoms with van der Waals surface area (Å²) in [5.74, 6) is 0. The van der Waals surface area contributed by atoms with Crippen molar-refractivity contribution in [3.63, 3.8) is 0 Å². The average molecular weight is 281 g/mol. The Morgan fingerprint density at radius 1 is 1.31 bits per heavy atom. The summed E-state index contributed by atoms with van der Waals surface area (Å²) < 4.78 is 2.98. The van der Waals surface area contributed by atoms with Crippen LogP contribution in [0.4, 0.5) is 4.79 Å². The fraction of sp³-hybridized carbons (Fsp3) is 0.200. The van der Waals surface area contributed by atoms with Gasteiger partial charge in [0.15, 0.2) is 0 Å². The van der Waals surface area contributed by atoms with E-state index in [1.165, 1.54) is 6.21 Å². The number of alkyl halides is 3. The van der Waals surface area contributed by atoms with Gasteiger partial charge in [-0.25, -0.2) is 4.79 Å². The van der Waals surface area contributed by atoms with E-state index in [0.29, 0.717) is 0 Å². The number of rotatable bonds is 2. The molecule has 1 rings (SSSR count). The van der Waals surface area contributed by atoms with Crippen molar-refractivity contribution in [2.45, 2.75) is 3.79 Å². The minimum Gasteiger partial charge on any atom is -0.443 e. The van der Waals surface area contributed by atoms with E-state index in [1.807, 2.05) is 18.2 Å². The molecule has 0 atom stereocenters. The molecule has 0 aliphatic carbocycles. The highest BCUT2D eigenvalue weighted by molar-refractivity contribution is 6.67. The minimum absolute atomic E-state index is 0.331. The Bertz CT molecular complexity index is 373. The van der Waals surface area contributed by atoms with Crippen LogP contribution in [0.1, 0.15) is 5.56 Å². The Balaban J connectivity index is 2.43. The molecular formula is C10H8Cl3NO2. The molecule has 0 saturated carbocycles. The molecule has 6 heteroatoms. The maximum absolute atomic E-state index is 11.1. The van der Waals surface area contributed by atoms with Crippen LogP contribution < -0.4 is 0 Å². The number of hydrogen-bond donors (Lipinski definition) is 0. The number of carbonyl (C=O) groups is 1. The van der Waals surface area contributed by atoms with Crippen LogP contribution in [-0.2, 0) is 4.74 Å². The molecule has 3 nitrogen and oxygen atoms in total. The molecule has 0 aliphatic heterocycles. The van der Waals surface area contributed by atoms with Crippen LogP contribution in [0.15, 0.2) is 35.3 Å². The molecule has 1 aromatic carbocycles. The van der Waals surface area contributed by atoms with Crippen molar-refractivity contribution < 1.29 is 9.53 Å². The van der Waals surface area contributed by atoms with Gasteiger partial charge in [-0.05, 0) is 5.56 Å². The number of carbonyl (C=O) groups excluding carboxylic acids is 1. The standard InChI is InChI=1S/C10H8Cl3NO2/c11-10(12,13)7-16-9(15)14-6-8-4-2-1-3-5-8/h1-6H,7H2/b14-6+. The third-order valence-electron chi connectivity index (χ3n) is 1.48. The van der Waals surface area contributed by atoms with Crippen molar-refractivity contribution in [1.29, 1.82) is 0 Å². The zero-order chi connectivity index (χ0) is 12.0. The molecule has 0 bridgehead atoms. The smallest absolute Gasteiger partial charge is 0.433 e. The van der Waals surface area contributed by atoms with Gasteiger partial charge in [-0.3, -0.25) is 0 Å². The first kappa shape index (κ1) is 13.3. The van der Waals surface area contributed by atoms with Gasteiger partial charge in [-0.15, -0.1) is 0 Å². The lowest BCUT2D eigenvalue weighted by Gasteiger charge is -2.08. The molecule has 0 heterocycles. The van der Waals surface area contributed by atoms with Gasteiger partial charge in [0.25, 0.3) is 0 Å². The van der Waals surface area contributed by atoms with Gasteiger partial charge >= 0.3 is 6.09 Å².